The standard InChI is InChI=1S/C16H15NO/c1-11-6-8-12(9-7-11)16(18)15-10-13-4-2-3-5-14(13)17-15/h2-10,16-18H,1H3. The number of aliphatic hydroxyl groups excluding tert-OH is 1. The van der Waals surface area contributed by atoms with Crippen LogP contribution >= 0.6 is 0 Å². The third-order valence-electron chi connectivity index (χ3n) is 3.24. The average molecular weight is 237 g/mol. The van der Waals surface area contributed by atoms with Crippen molar-refractivity contribution in [1.82, 2.24) is 4.98 Å². The van der Waals surface area contributed by atoms with Crippen LogP contribution in [0.5, 0.6) is 0 Å². The molecule has 0 saturated carbocycles. The number of benzene rings is 2. The molecule has 0 fully saturated rings. The molecule has 0 aliphatic heterocycles. The normalized spacial score (nSPS) is 12.8. The number of fused-ring (bicyclic) bond motifs is 1. The van der Waals surface area contributed by atoms with E-state index in [1.807, 2.05) is 61.5 Å². The average Bonchev–Trinajstić information content (AvgIpc) is 2.82. The van der Waals surface area contributed by atoms with Gasteiger partial charge in [-0.05, 0) is 30.0 Å². The summed E-state index contributed by atoms with van der Waals surface area (Å²) in [7, 11) is 0. The number of hydrogen-bond donors (Lipinski definition) is 2. The van der Waals surface area contributed by atoms with E-state index < -0.39 is 6.10 Å². The molecule has 0 amide bonds. The lowest BCUT2D eigenvalue weighted by Gasteiger charge is -2.09. The van der Waals surface area contributed by atoms with Crippen molar-refractivity contribution in [2.45, 2.75) is 13.0 Å². The SMILES string of the molecule is Cc1ccc(C(O)c2cc3ccccc3[nH]2)cc1. The van der Waals surface area contributed by atoms with Crippen LogP contribution in [-0.2, 0) is 0 Å². The van der Waals surface area contributed by atoms with Crippen LogP contribution in [-0.4, -0.2) is 10.1 Å². The van der Waals surface area contributed by atoms with Crippen LogP contribution in [0, 0.1) is 6.92 Å². The molecule has 1 unspecified atom stereocenters. The van der Waals surface area contributed by atoms with E-state index in [9.17, 15) is 5.11 Å². The Balaban J connectivity index is 2.00. The number of aryl methyl sites for hydroxylation is 1. The van der Waals surface area contributed by atoms with Gasteiger partial charge in [0.25, 0.3) is 0 Å². The van der Waals surface area contributed by atoms with Crippen molar-refractivity contribution >= 4 is 10.9 Å². The number of hydrogen-bond acceptors (Lipinski definition) is 1. The zero-order valence-corrected chi connectivity index (χ0v) is 10.2. The van der Waals surface area contributed by atoms with Crippen molar-refractivity contribution in [3.63, 3.8) is 0 Å². The summed E-state index contributed by atoms with van der Waals surface area (Å²) >= 11 is 0. The molecular weight excluding hydrogens is 222 g/mol. The number of aromatic nitrogens is 1. The molecule has 1 heterocycles. The number of aromatic amines is 1. The largest absolute Gasteiger partial charge is 0.382 e. The van der Waals surface area contributed by atoms with Gasteiger partial charge in [0.05, 0.1) is 0 Å². The molecule has 1 atom stereocenters. The monoisotopic (exact) mass is 237 g/mol. The first-order chi connectivity index (χ1) is 8.74. The van der Waals surface area contributed by atoms with E-state index in [0.29, 0.717) is 0 Å². The van der Waals surface area contributed by atoms with E-state index in [1.54, 1.807) is 0 Å². The van der Waals surface area contributed by atoms with E-state index in [1.165, 1.54) is 5.56 Å². The van der Waals surface area contributed by atoms with Gasteiger partial charge in [0.2, 0.25) is 0 Å². The lowest BCUT2D eigenvalue weighted by Crippen LogP contribution is -1.99. The molecule has 3 aromatic rings. The van der Waals surface area contributed by atoms with Crippen LogP contribution in [0.25, 0.3) is 10.9 Å². The fraction of sp³-hybridized carbons (Fsp3) is 0.125. The molecule has 0 bridgehead atoms. The summed E-state index contributed by atoms with van der Waals surface area (Å²) in [6.45, 7) is 2.04. The first-order valence-electron chi connectivity index (χ1n) is 6.06. The maximum Gasteiger partial charge on any atom is 0.119 e. The highest BCUT2D eigenvalue weighted by atomic mass is 16.3. The Morgan fingerprint density at radius 2 is 1.72 bits per heavy atom. The van der Waals surface area contributed by atoms with Gasteiger partial charge < -0.3 is 10.1 Å². The lowest BCUT2D eigenvalue weighted by molar-refractivity contribution is 0.216. The van der Waals surface area contributed by atoms with Gasteiger partial charge in [0.15, 0.2) is 0 Å². The van der Waals surface area contributed by atoms with Crippen molar-refractivity contribution in [2.24, 2.45) is 0 Å². The minimum absolute atomic E-state index is 0.599. The van der Waals surface area contributed by atoms with E-state index in [4.69, 9.17) is 0 Å². The third kappa shape index (κ3) is 1.91. The minimum Gasteiger partial charge on any atom is -0.382 e. The fourth-order valence-electron chi connectivity index (χ4n) is 2.17. The minimum atomic E-state index is -0.599. The van der Waals surface area contributed by atoms with Gasteiger partial charge in [-0.1, -0.05) is 48.0 Å². The van der Waals surface area contributed by atoms with Crippen molar-refractivity contribution in [1.29, 1.82) is 0 Å². The summed E-state index contributed by atoms with van der Waals surface area (Å²) in [5, 5.41) is 11.5. The molecule has 2 nitrogen and oxygen atoms in total. The van der Waals surface area contributed by atoms with Crippen LogP contribution < -0.4 is 0 Å². The molecule has 0 spiro atoms. The number of aliphatic hydroxyl groups is 1. The van der Waals surface area contributed by atoms with E-state index >= 15 is 0 Å². The maximum atomic E-state index is 10.4. The Morgan fingerprint density at radius 1 is 1.00 bits per heavy atom. The van der Waals surface area contributed by atoms with E-state index in [-0.39, 0.29) is 0 Å². The molecule has 0 aliphatic rings. The van der Waals surface area contributed by atoms with Gasteiger partial charge in [-0.15, -0.1) is 0 Å². The first kappa shape index (κ1) is 11.1. The number of nitrogens with one attached hydrogen (secondary N) is 1. The van der Waals surface area contributed by atoms with Crippen LogP contribution in [0.3, 0.4) is 0 Å². The Kier molecular flexibility index (Phi) is 2.65. The predicted molar refractivity (Wildman–Crippen MR) is 73.5 cm³/mol. The van der Waals surface area contributed by atoms with Crippen molar-refractivity contribution in [2.75, 3.05) is 0 Å². The van der Waals surface area contributed by atoms with Crippen LogP contribution in [0.15, 0.2) is 54.6 Å². The second-order valence-corrected chi connectivity index (χ2v) is 4.63. The summed E-state index contributed by atoms with van der Waals surface area (Å²) < 4.78 is 0. The molecule has 3 rings (SSSR count). The number of para-hydroxylation sites is 1. The highest BCUT2D eigenvalue weighted by Gasteiger charge is 2.12. The van der Waals surface area contributed by atoms with Gasteiger partial charge in [-0.2, -0.15) is 0 Å². The quantitative estimate of drug-likeness (QED) is 0.702. The molecule has 90 valence electrons. The second-order valence-electron chi connectivity index (χ2n) is 4.63. The maximum absolute atomic E-state index is 10.4. The smallest absolute Gasteiger partial charge is 0.119 e. The van der Waals surface area contributed by atoms with Gasteiger partial charge >= 0.3 is 0 Å². The Labute approximate surface area is 106 Å². The van der Waals surface area contributed by atoms with Gasteiger partial charge in [-0.25, -0.2) is 0 Å². The Bertz CT molecular complexity index is 634. The zero-order valence-electron chi connectivity index (χ0n) is 10.2. The molecule has 2 heteroatoms. The topological polar surface area (TPSA) is 36.0 Å². The van der Waals surface area contributed by atoms with Crippen LogP contribution in [0.2, 0.25) is 0 Å². The van der Waals surface area contributed by atoms with Crippen LogP contribution in [0.1, 0.15) is 22.9 Å². The van der Waals surface area contributed by atoms with Crippen molar-refractivity contribution in [3.8, 4) is 0 Å². The van der Waals surface area contributed by atoms with E-state index in [0.717, 1.165) is 22.2 Å². The van der Waals surface area contributed by atoms with Gasteiger partial charge in [0, 0.05) is 11.2 Å². The summed E-state index contributed by atoms with van der Waals surface area (Å²) in [6.07, 6.45) is -0.599. The first-order valence-corrected chi connectivity index (χ1v) is 6.06. The summed E-state index contributed by atoms with van der Waals surface area (Å²) in [6, 6.07) is 18.0. The summed E-state index contributed by atoms with van der Waals surface area (Å²) in [5.41, 5.74) is 3.99. The zero-order chi connectivity index (χ0) is 12.5. The summed E-state index contributed by atoms with van der Waals surface area (Å²) in [5.74, 6) is 0. The van der Waals surface area contributed by atoms with Gasteiger partial charge in [-0.3, -0.25) is 0 Å². The summed E-state index contributed by atoms with van der Waals surface area (Å²) in [4.78, 5) is 3.26. The molecule has 0 saturated heterocycles. The molecule has 0 radical (unpaired) electrons. The molecule has 1 aromatic heterocycles. The Hall–Kier alpha value is -2.06. The molecule has 18 heavy (non-hydrogen) atoms. The fourth-order valence-corrected chi connectivity index (χ4v) is 2.17. The number of H-pyrrole nitrogens is 1. The van der Waals surface area contributed by atoms with Crippen LogP contribution in [0.4, 0.5) is 0 Å². The predicted octanol–water partition coefficient (Wildman–Crippen LogP) is 3.56. The molecule has 0 aliphatic carbocycles. The van der Waals surface area contributed by atoms with Crippen molar-refractivity contribution < 1.29 is 5.11 Å². The second kappa shape index (κ2) is 4.31. The van der Waals surface area contributed by atoms with Crippen molar-refractivity contribution in [3.05, 3.63) is 71.4 Å². The third-order valence-corrected chi connectivity index (χ3v) is 3.24. The lowest BCUT2D eigenvalue weighted by atomic mass is 10.1. The number of rotatable bonds is 2. The molecule has 2 N–H and O–H groups in total. The highest BCUT2D eigenvalue weighted by molar-refractivity contribution is 5.80. The van der Waals surface area contributed by atoms with E-state index in [2.05, 4.69) is 4.98 Å². The molecular formula is C16H15NO. The van der Waals surface area contributed by atoms with Gasteiger partial charge in [0.1, 0.15) is 6.10 Å². The highest BCUT2D eigenvalue weighted by Crippen LogP contribution is 2.25. The molecule has 2 aromatic carbocycles. The Morgan fingerprint density at radius 3 is 2.44 bits per heavy atom.